The predicted octanol–water partition coefficient (Wildman–Crippen LogP) is 2.95. The van der Waals surface area contributed by atoms with E-state index in [1.165, 1.54) is 4.90 Å². The fourth-order valence-corrected chi connectivity index (χ4v) is 2.93. The Morgan fingerprint density at radius 2 is 1.88 bits per heavy atom. The summed E-state index contributed by atoms with van der Waals surface area (Å²) in [4.78, 5) is 42.8. The van der Waals surface area contributed by atoms with Crippen LogP contribution in [-0.4, -0.2) is 65.2 Å². The molecule has 9 nitrogen and oxygen atoms in total. The third-order valence-electron chi connectivity index (χ3n) is 5.35. The Labute approximate surface area is 196 Å². The Balaban J connectivity index is 0.000000620. The fraction of sp³-hybridized carbons (Fsp3) is 0.619. The molecule has 0 aromatic carbocycles. The van der Waals surface area contributed by atoms with Gasteiger partial charge in [0.2, 0.25) is 5.78 Å². The van der Waals surface area contributed by atoms with Gasteiger partial charge in [-0.1, -0.05) is 26.8 Å². The largest absolute Gasteiger partial charge is 0.522 e. The van der Waals surface area contributed by atoms with Crippen LogP contribution in [0.1, 0.15) is 52.0 Å². The molecule has 2 rings (SSSR count). The lowest BCUT2D eigenvalue weighted by Gasteiger charge is -2.27. The highest BCUT2D eigenvalue weighted by molar-refractivity contribution is 7.86. The molecule has 1 amide bonds. The zero-order valence-electron chi connectivity index (χ0n) is 19.2. The number of aryl methyl sites for hydroxylation is 1. The number of Topliss-reactive ketones (excluding diaryl/α,β-unsaturated/α-hetero) is 1. The molecule has 0 aliphatic carbocycles. The average Bonchev–Trinajstić information content (AvgIpc) is 3.25. The van der Waals surface area contributed by atoms with Crippen molar-refractivity contribution in [3.63, 3.8) is 0 Å². The molecule has 34 heavy (non-hydrogen) atoms. The van der Waals surface area contributed by atoms with Gasteiger partial charge in [-0.05, 0) is 43.7 Å². The Hall–Kier alpha value is -2.54. The number of ether oxygens (including phenoxy) is 1. The highest BCUT2D eigenvalue weighted by Crippen LogP contribution is 2.26. The molecule has 0 spiro atoms. The van der Waals surface area contributed by atoms with E-state index in [1.807, 2.05) is 19.1 Å². The molecular formula is C21H29F3N2O7S. The smallest absolute Gasteiger partial charge is 0.464 e. The van der Waals surface area contributed by atoms with Gasteiger partial charge in [0, 0.05) is 24.4 Å². The van der Waals surface area contributed by atoms with Crippen LogP contribution in [0.15, 0.2) is 24.5 Å². The fourth-order valence-electron chi connectivity index (χ4n) is 2.93. The van der Waals surface area contributed by atoms with Gasteiger partial charge in [-0.25, -0.2) is 4.79 Å². The lowest BCUT2D eigenvalue weighted by molar-refractivity contribution is -0.157. The SMILES string of the molecule is CCC(C)(C)C(=O)C(=O)N1CCCC1C(=O)OCCCc1cccnc1.O=S(=O)(O)C(F)(F)F. The van der Waals surface area contributed by atoms with Gasteiger partial charge in [-0.15, -0.1) is 0 Å². The second-order valence-corrected chi connectivity index (χ2v) is 9.69. The second-order valence-electron chi connectivity index (χ2n) is 8.28. The van der Waals surface area contributed by atoms with Gasteiger partial charge in [-0.3, -0.25) is 19.1 Å². The summed E-state index contributed by atoms with van der Waals surface area (Å²) in [5.74, 6) is -1.41. The van der Waals surface area contributed by atoms with E-state index in [-0.39, 0.29) is 0 Å². The van der Waals surface area contributed by atoms with E-state index >= 15 is 0 Å². The summed E-state index contributed by atoms with van der Waals surface area (Å²) < 4.78 is 62.9. The summed E-state index contributed by atoms with van der Waals surface area (Å²) in [5, 5.41) is 0. The van der Waals surface area contributed by atoms with E-state index in [4.69, 9.17) is 17.7 Å². The first-order chi connectivity index (χ1) is 15.6. The van der Waals surface area contributed by atoms with Gasteiger partial charge in [0.05, 0.1) is 6.61 Å². The van der Waals surface area contributed by atoms with E-state index in [2.05, 4.69) is 4.98 Å². The van der Waals surface area contributed by atoms with Crippen LogP contribution in [0.3, 0.4) is 0 Å². The van der Waals surface area contributed by atoms with Crippen molar-refractivity contribution in [3.8, 4) is 0 Å². The maximum Gasteiger partial charge on any atom is 0.522 e. The first-order valence-electron chi connectivity index (χ1n) is 10.6. The summed E-state index contributed by atoms with van der Waals surface area (Å²) in [7, 11) is -5.84. The minimum absolute atomic E-state index is 0.292. The van der Waals surface area contributed by atoms with Gasteiger partial charge in [-0.2, -0.15) is 21.6 Å². The van der Waals surface area contributed by atoms with Crippen LogP contribution in [0, 0.1) is 5.41 Å². The number of halogens is 3. The molecule has 0 radical (unpaired) electrons. The number of likely N-dealkylation sites (tertiary alicyclic amines) is 1. The zero-order valence-corrected chi connectivity index (χ0v) is 20.0. The van der Waals surface area contributed by atoms with Crippen LogP contribution in [0.25, 0.3) is 0 Å². The molecular weight excluding hydrogens is 481 g/mol. The number of carbonyl (C=O) groups is 3. The van der Waals surface area contributed by atoms with Crippen LogP contribution >= 0.6 is 0 Å². The molecule has 1 atom stereocenters. The lowest BCUT2D eigenvalue weighted by Crippen LogP contribution is -2.48. The summed E-state index contributed by atoms with van der Waals surface area (Å²) >= 11 is 0. The molecule has 0 saturated carbocycles. The molecule has 0 bridgehead atoms. The number of hydrogen-bond acceptors (Lipinski definition) is 7. The lowest BCUT2D eigenvalue weighted by atomic mass is 9.84. The van der Waals surface area contributed by atoms with Crippen LogP contribution in [0.5, 0.6) is 0 Å². The number of esters is 1. The van der Waals surface area contributed by atoms with Gasteiger partial charge in [0.25, 0.3) is 5.91 Å². The third-order valence-corrected chi connectivity index (χ3v) is 5.93. The van der Waals surface area contributed by atoms with Crippen molar-refractivity contribution in [2.45, 2.75) is 64.4 Å². The molecule has 1 fully saturated rings. The molecule has 1 unspecified atom stereocenters. The van der Waals surface area contributed by atoms with Crippen molar-refractivity contribution >= 4 is 27.8 Å². The van der Waals surface area contributed by atoms with Gasteiger partial charge < -0.3 is 9.64 Å². The monoisotopic (exact) mass is 510 g/mol. The number of amides is 1. The number of aromatic nitrogens is 1. The minimum atomic E-state index is -5.84. The average molecular weight is 511 g/mol. The maximum absolute atomic E-state index is 12.5. The number of alkyl halides is 3. The summed E-state index contributed by atoms with van der Waals surface area (Å²) in [6.07, 6.45) is 6.82. The van der Waals surface area contributed by atoms with Crippen LogP contribution < -0.4 is 0 Å². The van der Waals surface area contributed by atoms with Crippen molar-refractivity contribution in [2.75, 3.05) is 13.2 Å². The quantitative estimate of drug-likeness (QED) is 0.186. The highest BCUT2D eigenvalue weighted by atomic mass is 32.2. The number of nitrogens with zero attached hydrogens (tertiary/aromatic N) is 2. The number of ketones is 1. The number of carbonyl (C=O) groups excluding carboxylic acids is 3. The van der Waals surface area contributed by atoms with E-state index in [9.17, 15) is 27.6 Å². The minimum Gasteiger partial charge on any atom is -0.464 e. The second kappa shape index (κ2) is 12.2. The first-order valence-corrected chi connectivity index (χ1v) is 12.0. The summed E-state index contributed by atoms with van der Waals surface area (Å²) in [6.45, 7) is 6.12. The van der Waals surface area contributed by atoms with Crippen LogP contribution in [-0.2, 0) is 35.7 Å². The highest BCUT2D eigenvalue weighted by Gasteiger charge is 2.44. The first kappa shape index (κ1) is 29.5. The summed E-state index contributed by atoms with van der Waals surface area (Å²) in [6, 6.07) is 3.21. The van der Waals surface area contributed by atoms with Crippen molar-refractivity contribution in [1.82, 2.24) is 9.88 Å². The molecule has 1 aliphatic heterocycles. The van der Waals surface area contributed by atoms with E-state index in [1.54, 1.807) is 26.2 Å². The van der Waals surface area contributed by atoms with Crippen LogP contribution in [0.2, 0.25) is 0 Å². The Kier molecular flexibility index (Phi) is 10.6. The number of rotatable bonds is 8. The molecule has 13 heteroatoms. The molecule has 1 aromatic heterocycles. The zero-order chi connectivity index (χ0) is 26.2. The van der Waals surface area contributed by atoms with E-state index < -0.39 is 44.7 Å². The molecule has 1 aromatic rings. The van der Waals surface area contributed by atoms with Crippen molar-refractivity contribution < 1.29 is 45.3 Å². The molecule has 192 valence electrons. The maximum atomic E-state index is 12.5. The molecule has 2 heterocycles. The normalized spacial score (nSPS) is 16.4. The number of pyridine rings is 1. The van der Waals surface area contributed by atoms with Gasteiger partial charge >= 0.3 is 21.6 Å². The van der Waals surface area contributed by atoms with E-state index in [0.29, 0.717) is 38.8 Å². The van der Waals surface area contributed by atoms with Gasteiger partial charge in [0.15, 0.2) is 0 Å². The molecule has 1 aliphatic rings. The summed E-state index contributed by atoms with van der Waals surface area (Å²) in [5.41, 5.74) is -5.15. The van der Waals surface area contributed by atoms with Crippen molar-refractivity contribution in [2.24, 2.45) is 5.41 Å². The van der Waals surface area contributed by atoms with Gasteiger partial charge in [0.1, 0.15) is 6.04 Å². The van der Waals surface area contributed by atoms with Crippen LogP contribution in [0.4, 0.5) is 13.2 Å². The third kappa shape index (κ3) is 8.67. The standard InChI is InChI=1S/C20H28N2O4.CHF3O3S/c1-4-20(2,3)17(23)18(24)22-12-6-10-16(22)19(25)26-13-7-9-15-8-5-11-21-14-15;2-1(3,4)8(5,6)7/h5,8,11,14,16H,4,6-7,9-10,12-13H2,1-3H3;(H,5,6,7). The topological polar surface area (TPSA) is 131 Å². The molecule has 1 saturated heterocycles. The predicted molar refractivity (Wildman–Crippen MR) is 115 cm³/mol. The van der Waals surface area contributed by atoms with Crippen molar-refractivity contribution in [3.05, 3.63) is 30.1 Å². The van der Waals surface area contributed by atoms with Crippen molar-refractivity contribution in [1.29, 1.82) is 0 Å². The Morgan fingerprint density at radius 3 is 2.38 bits per heavy atom. The Morgan fingerprint density at radius 1 is 1.26 bits per heavy atom. The molecule has 1 N–H and O–H groups in total. The van der Waals surface area contributed by atoms with E-state index in [0.717, 1.165) is 12.0 Å². The number of hydrogen-bond donors (Lipinski definition) is 1. The Bertz CT molecular complexity index is 951.